The average molecular weight is 442 g/mol. The van der Waals surface area contributed by atoms with Gasteiger partial charge in [-0.05, 0) is 40.5 Å². The molecule has 0 radical (unpaired) electrons. The minimum atomic E-state index is -0.671. The van der Waals surface area contributed by atoms with Gasteiger partial charge < -0.3 is 21.1 Å². The monoisotopic (exact) mass is 442 g/mol. The Labute approximate surface area is 160 Å². The van der Waals surface area contributed by atoms with E-state index >= 15 is 0 Å². The number of guanidine groups is 1. The van der Waals surface area contributed by atoms with E-state index in [1.165, 1.54) is 0 Å². The van der Waals surface area contributed by atoms with Gasteiger partial charge in [0.1, 0.15) is 0 Å². The fraction of sp³-hybridized carbons (Fsp3) is 0.941. The van der Waals surface area contributed by atoms with Gasteiger partial charge in [0.2, 0.25) is 0 Å². The van der Waals surface area contributed by atoms with Crippen molar-refractivity contribution < 1.29 is 5.11 Å². The number of hydrogen-bond acceptors (Lipinski definition) is 3. The lowest BCUT2D eigenvalue weighted by atomic mass is 9.93. The van der Waals surface area contributed by atoms with Gasteiger partial charge in [0.05, 0.1) is 12.1 Å². The summed E-state index contributed by atoms with van der Waals surface area (Å²) in [5.74, 6) is 0.781. The topological polar surface area (TPSA) is 68.7 Å². The van der Waals surface area contributed by atoms with Crippen LogP contribution >= 0.6 is 24.0 Å². The average Bonchev–Trinajstić information content (AvgIpc) is 2.40. The molecule has 0 aromatic heterocycles. The van der Waals surface area contributed by atoms with Gasteiger partial charge in [0.15, 0.2) is 5.96 Å². The van der Waals surface area contributed by atoms with Gasteiger partial charge >= 0.3 is 0 Å². The predicted octanol–water partition coefficient (Wildman–Crippen LogP) is 2.88. The molecule has 0 unspecified atom stereocenters. The summed E-state index contributed by atoms with van der Waals surface area (Å²) in [5, 5.41) is 20.6. The number of aliphatic imine (C=N–C) groups is 1. The van der Waals surface area contributed by atoms with Crippen LogP contribution in [0.2, 0.25) is 0 Å². The molecule has 0 amide bonds. The third-order valence-electron chi connectivity index (χ3n) is 3.38. The van der Waals surface area contributed by atoms with Crippen LogP contribution in [0.3, 0.4) is 0 Å². The fourth-order valence-corrected chi connectivity index (χ4v) is 2.40. The molecule has 0 aliphatic rings. The summed E-state index contributed by atoms with van der Waals surface area (Å²) < 4.78 is 0. The van der Waals surface area contributed by atoms with E-state index in [1.807, 2.05) is 0 Å². The molecule has 6 heteroatoms. The summed E-state index contributed by atoms with van der Waals surface area (Å²) in [6, 6.07) is 0. The zero-order valence-corrected chi connectivity index (χ0v) is 18.3. The van der Waals surface area contributed by atoms with Crippen molar-refractivity contribution in [3.05, 3.63) is 0 Å². The van der Waals surface area contributed by atoms with Gasteiger partial charge in [0, 0.05) is 25.2 Å². The van der Waals surface area contributed by atoms with E-state index in [9.17, 15) is 5.11 Å². The third kappa shape index (κ3) is 14.0. The van der Waals surface area contributed by atoms with Crippen molar-refractivity contribution in [1.82, 2.24) is 16.0 Å². The van der Waals surface area contributed by atoms with Gasteiger partial charge in [-0.3, -0.25) is 4.99 Å². The molecule has 0 aromatic rings. The molecule has 0 fully saturated rings. The first-order valence-corrected chi connectivity index (χ1v) is 8.76. The number of rotatable bonds is 10. The maximum absolute atomic E-state index is 10.6. The van der Waals surface area contributed by atoms with Crippen LogP contribution in [0.25, 0.3) is 0 Å². The highest BCUT2D eigenvalue weighted by molar-refractivity contribution is 14.0. The molecule has 140 valence electrons. The summed E-state index contributed by atoms with van der Waals surface area (Å²) in [7, 11) is 0. The van der Waals surface area contributed by atoms with Gasteiger partial charge in [-0.15, -0.1) is 24.0 Å². The van der Waals surface area contributed by atoms with E-state index in [4.69, 9.17) is 0 Å². The van der Waals surface area contributed by atoms with Crippen molar-refractivity contribution in [3.8, 4) is 0 Å². The largest absolute Gasteiger partial charge is 0.388 e. The van der Waals surface area contributed by atoms with Crippen molar-refractivity contribution in [2.75, 3.05) is 26.2 Å². The molecule has 0 heterocycles. The van der Waals surface area contributed by atoms with Crippen LogP contribution in [0, 0.1) is 0 Å². The van der Waals surface area contributed by atoms with E-state index < -0.39 is 5.60 Å². The first-order chi connectivity index (χ1) is 10.3. The maximum Gasteiger partial charge on any atom is 0.191 e. The van der Waals surface area contributed by atoms with Crippen LogP contribution in [0.15, 0.2) is 4.99 Å². The molecular weight excluding hydrogens is 403 g/mol. The SMILES string of the molecule is CCCC(O)(CCC)CN=C(NCC)NCCNC(C)(C)C.I. The first-order valence-electron chi connectivity index (χ1n) is 8.76. The minimum absolute atomic E-state index is 0. The number of nitrogens with zero attached hydrogens (tertiary/aromatic N) is 1. The molecule has 23 heavy (non-hydrogen) atoms. The molecule has 0 spiro atoms. The Balaban J connectivity index is 0. The number of hydrogen-bond donors (Lipinski definition) is 4. The quantitative estimate of drug-likeness (QED) is 0.182. The molecule has 0 rings (SSSR count). The van der Waals surface area contributed by atoms with Crippen LogP contribution in [0.5, 0.6) is 0 Å². The third-order valence-corrected chi connectivity index (χ3v) is 3.38. The number of halogens is 1. The molecule has 0 saturated heterocycles. The summed E-state index contributed by atoms with van der Waals surface area (Å²) >= 11 is 0. The lowest BCUT2D eigenvalue weighted by Gasteiger charge is -2.26. The standard InChI is InChI=1S/C17H38N4O.HI/c1-7-10-17(22,11-8-2)14-20-15(18-9-3)19-12-13-21-16(4,5)6;/h21-22H,7-14H2,1-6H3,(H2,18,19,20);1H. The van der Waals surface area contributed by atoms with Gasteiger partial charge in [-0.2, -0.15) is 0 Å². The smallest absolute Gasteiger partial charge is 0.191 e. The Bertz CT molecular complexity index is 310. The zero-order valence-electron chi connectivity index (χ0n) is 16.0. The summed E-state index contributed by atoms with van der Waals surface area (Å²) in [4.78, 5) is 4.57. The lowest BCUT2D eigenvalue weighted by Crippen LogP contribution is -2.45. The van der Waals surface area contributed by atoms with Crippen LogP contribution in [0.1, 0.15) is 67.2 Å². The minimum Gasteiger partial charge on any atom is -0.388 e. The molecule has 0 bridgehead atoms. The maximum atomic E-state index is 10.6. The van der Waals surface area contributed by atoms with Crippen molar-refractivity contribution >= 4 is 29.9 Å². The lowest BCUT2D eigenvalue weighted by molar-refractivity contribution is 0.0306. The van der Waals surface area contributed by atoms with Gasteiger partial charge in [-0.25, -0.2) is 0 Å². The molecule has 0 aliphatic carbocycles. The summed E-state index contributed by atoms with van der Waals surface area (Å²) in [5.41, 5.74) is -0.546. The first kappa shape index (κ1) is 25.2. The second kappa shape index (κ2) is 13.2. The van der Waals surface area contributed by atoms with Crippen molar-refractivity contribution in [3.63, 3.8) is 0 Å². The molecule has 4 N–H and O–H groups in total. The second-order valence-electron chi connectivity index (χ2n) is 7.02. The van der Waals surface area contributed by atoms with E-state index in [0.717, 1.165) is 51.3 Å². The molecular formula is C17H39IN4O. The Kier molecular flexibility index (Phi) is 14.5. The molecule has 0 aromatic carbocycles. The molecule has 0 saturated carbocycles. The Hall–Kier alpha value is -0.0800. The van der Waals surface area contributed by atoms with E-state index in [1.54, 1.807) is 0 Å². The summed E-state index contributed by atoms with van der Waals surface area (Å²) in [6.07, 6.45) is 3.56. The van der Waals surface area contributed by atoms with Gasteiger partial charge in [-0.1, -0.05) is 26.7 Å². The van der Waals surface area contributed by atoms with Crippen molar-refractivity contribution in [2.24, 2.45) is 4.99 Å². The van der Waals surface area contributed by atoms with Crippen LogP contribution in [-0.2, 0) is 0 Å². The number of nitrogens with one attached hydrogen (secondary N) is 3. The van der Waals surface area contributed by atoms with Crippen LogP contribution in [0.4, 0.5) is 0 Å². The molecule has 0 aliphatic heterocycles. The molecule has 5 nitrogen and oxygen atoms in total. The van der Waals surface area contributed by atoms with Crippen molar-refractivity contribution in [2.45, 2.75) is 78.4 Å². The van der Waals surface area contributed by atoms with E-state index in [-0.39, 0.29) is 29.5 Å². The van der Waals surface area contributed by atoms with Crippen LogP contribution in [-0.4, -0.2) is 48.4 Å². The second-order valence-corrected chi connectivity index (χ2v) is 7.02. The zero-order chi connectivity index (χ0) is 17.1. The Morgan fingerprint density at radius 3 is 1.96 bits per heavy atom. The van der Waals surface area contributed by atoms with Crippen molar-refractivity contribution in [1.29, 1.82) is 0 Å². The Morgan fingerprint density at radius 1 is 0.957 bits per heavy atom. The highest BCUT2D eigenvalue weighted by Crippen LogP contribution is 2.19. The highest BCUT2D eigenvalue weighted by Gasteiger charge is 2.24. The Morgan fingerprint density at radius 2 is 1.52 bits per heavy atom. The van der Waals surface area contributed by atoms with Gasteiger partial charge in [0.25, 0.3) is 0 Å². The highest BCUT2D eigenvalue weighted by atomic mass is 127. The summed E-state index contributed by atoms with van der Waals surface area (Å²) in [6.45, 7) is 15.7. The predicted molar refractivity (Wildman–Crippen MR) is 112 cm³/mol. The fourth-order valence-electron chi connectivity index (χ4n) is 2.40. The molecule has 0 atom stereocenters. The number of aliphatic hydroxyl groups is 1. The van der Waals surface area contributed by atoms with Crippen LogP contribution < -0.4 is 16.0 Å². The normalized spacial score (nSPS) is 12.7. The van der Waals surface area contributed by atoms with E-state index in [0.29, 0.717) is 6.54 Å². The van der Waals surface area contributed by atoms with E-state index in [2.05, 4.69) is 62.5 Å².